The standard InChI is InChI=1S/C8H5F2O/c9-8(10)7-3-1-2-6(4-7)5-11/h1-5H/q-1. The van der Waals surface area contributed by atoms with E-state index in [2.05, 4.69) is 0 Å². The molecule has 0 radical (unpaired) electrons. The molecule has 1 aromatic carbocycles. The maximum atomic E-state index is 11.9. The SMILES string of the molecule is O=Cc1cccc([C-](F)F)c1. The van der Waals surface area contributed by atoms with Gasteiger partial charge in [-0.1, -0.05) is 6.07 Å². The Bertz CT molecular complexity index is 258. The molecule has 0 saturated carbocycles. The molecule has 1 rings (SSSR count). The summed E-state index contributed by atoms with van der Waals surface area (Å²) in [7, 11) is 0. The zero-order chi connectivity index (χ0) is 8.27. The van der Waals surface area contributed by atoms with Crippen LogP contribution in [-0.2, 0) is 0 Å². The van der Waals surface area contributed by atoms with Crippen molar-refractivity contribution in [2.24, 2.45) is 0 Å². The number of carbonyl (C=O) groups is 1. The molecule has 0 aliphatic rings. The minimum atomic E-state index is -1.77. The highest BCUT2D eigenvalue weighted by Crippen LogP contribution is 2.17. The van der Waals surface area contributed by atoms with E-state index in [9.17, 15) is 13.6 Å². The Morgan fingerprint density at radius 1 is 1.36 bits per heavy atom. The number of aldehydes is 1. The van der Waals surface area contributed by atoms with Crippen LogP contribution in [0.15, 0.2) is 24.3 Å². The summed E-state index contributed by atoms with van der Waals surface area (Å²) in [6.45, 7) is 0. The highest BCUT2D eigenvalue weighted by Gasteiger charge is 1.96. The Hall–Kier alpha value is -1.38. The number of halogens is 2. The summed E-state index contributed by atoms with van der Waals surface area (Å²) in [5, 5.41) is 0. The van der Waals surface area contributed by atoms with Gasteiger partial charge >= 0.3 is 0 Å². The highest BCUT2D eigenvalue weighted by atomic mass is 19.3. The molecule has 11 heavy (non-hydrogen) atoms. The maximum Gasteiger partial charge on any atom is 0.158 e. The minimum absolute atomic E-state index is 0.199. The number of hydrogen-bond acceptors (Lipinski definition) is 1. The molecule has 3 heteroatoms. The van der Waals surface area contributed by atoms with E-state index in [0.29, 0.717) is 6.29 Å². The molecule has 0 aliphatic heterocycles. The maximum absolute atomic E-state index is 11.9. The quantitative estimate of drug-likeness (QED) is 0.473. The first-order valence-corrected chi connectivity index (χ1v) is 2.97. The first-order chi connectivity index (χ1) is 5.24. The third-order valence-electron chi connectivity index (χ3n) is 1.24. The molecule has 0 N–H and O–H groups in total. The second kappa shape index (κ2) is 3.14. The fraction of sp³-hybridized carbons (Fsp3) is 0. The Kier molecular flexibility index (Phi) is 2.21. The van der Waals surface area contributed by atoms with Crippen LogP contribution in [0.3, 0.4) is 0 Å². The van der Waals surface area contributed by atoms with Crippen LogP contribution >= 0.6 is 0 Å². The van der Waals surface area contributed by atoms with Crippen molar-refractivity contribution in [2.45, 2.75) is 0 Å². The average molecular weight is 155 g/mol. The predicted octanol–water partition coefficient (Wildman–Crippen LogP) is 2.28. The van der Waals surface area contributed by atoms with Gasteiger partial charge in [-0.2, -0.15) is 6.07 Å². The van der Waals surface area contributed by atoms with Crippen molar-refractivity contribution in [3.05, 3.63) is 41.8 Å². The van der Waals surface area contributed by atoms with Crippen molar-refractivity contribution in [1.29, 1.82) is 0 Å². The second-order valence-corrected chi connectivity index (χ2v) is 2.00. The van der Waals surface area contributed by atoms with Crippen LogP contribution < -0.4 is 0 Å². The van der Waals surface area contributed by atoms with Crippen LogP contribution in [0.5, 0.6) is 0 Å². The molecule has 0 aromatic heterocycles. The van der Waals surface area contributed by atoms with E-state index in [1.807, 2.05) is 0 Å². The van der Waals surface area contributed by atoms with Gasteiger partial charge in [-0.3, -0.25) is 13.6 Å². The summed E-state index contributed by atoms with van der Waals surface area (Å²) in [6.07, 6.45) is -1.24. The lowest BCUT2D eigenvalue weighted by atomic mass is 10.1. The molecular weight excluding hydrogens is 150 g/mol. The summed E-state index contributed by atoms with van der Waals surface area (Å²) < 4.78 is 23.8. The number of carbonyl (C=O) groups excluding carboxylic acids is 1. The molecule has 1 aromatic rings. The smallest absolute Gasteiger partial charge is 0.158 e. The number of hydrogen-bond donors (Lipinski definition) is 0. The molecular formula is C8H5F2O-. The van der Waals surface area contributed by atoms with Crippen LogP contribution in [0.25, 0.3) is 0 Å². The van der Waals surface area contributed by atoms with E-state index in [0.717, 1.165) is 6.07 Å². The van der Waals surface area contributed by atoms with Crippen LogP contribution in [0, 0.1) is 6.43 Å². The number of rotatable bonds is 2. The lowest BCUT2D eigenvalue weighted by molar-refractivity contribution is 0.112. The van der Waals surface area contributed by atoms with E-state index in [-0.39, 0.29) is 11.1 Å². The van der Waals surface area contributed by atoms with Crippen molar-refractivity contribution in [3.8, 4) is 0 Å². The van der Waals surface area contributed by atoms with Gasteiger partial charge in [0, 0.05) is 0 Å². The third-order valence-corrected chi connectivity index (χ3v) is 1.24. The van der Waals surface area contributed by atoms with Crippen LogP contribution in [0.1, 0.15) is 15.9 Å². The fourth-order valence-electron chi connectivity index (χ4n) is 0.730. The van der Waals surface area contributed by atoms with Gasteiger partial charge in [-0.15, -0.1) is 17.7 Å². The molecule has 0 amide bonds. The molecule has 0 spiro atoms. The average Bonchev–Trinajstić information content (AvgIpc) is 2.05. The molecule has 0 bridgehead atoms. The normalized spacial score (nSPS) is 9.27. The first kappa shape index (κ1) is 7.72. The molecule has 0 fully saturated rings. The topological polar surface area (TPSA) is 17.1 Å². The van der Waals surface area contributed by atoms with Crippen LogP contribution in [-0.4, -0.2) is 6.29 Å². The fourth-order valence-corrected chi connectivity index (χ4v) is 0.730. The lowest BCUT2D eigenvalue weighted by Crippen LogP contribution is -1.86. The van der Waals surface area contributed by atoms with Crippen molar-refractivity contribution in [3.63, 3.8) is 0 Å². The van der Waals surface area contributed by atoms with Crippen molar-refractivity contribution < 1.29 is 13.6 Å². The van der Waals surface area contributed by atoms with Crippen LogP contribution in [0.4, 0.5) is 8.78 Å². The van der Waals surface area contributed by atoms with Crippen molar-refractivity contribution in [1.82, 2.24) is 0 Å². The van der Waals surface area contributed by atoms with E-state index < -0.39 is 6.43 Å². The van der Waals surface area contributed by atoms with E-state index in [1.54, 1.807) is 0 Å². The molecule has 0 saturated heterocycles. The Morgan fingerprint density at radius 2 is 2.09 bits per heavy atom. The summed E-state index contributed by atoms with van der Waals surface area (Å²) in [6, 6.07) is 5.28. The summed E-state index contributed by atoms with van der Waals surface area (Å²) >= 11 is 0. The van der Waals surface area contributed by atoms with Gasteiger partial charge in [0.2, 0.25) is 0 Å². The largest absolute Gasteiger partial charge is 0.299 e. The second-order valence-electron chi connectivity index (χ2n) is 2.00. The van der Waals surface area contributed by atoms with Crippen molar-refractivity contribution >= 4 is 6.29 Å². The van der Waals surface area contributed by atoms with E-state index in [1.165, 1.54) is 18.2 Å². The Labute approximate surface area is 62.7 Å². The summed E-state index contributed by atoms with van der Waals surface area (Å²) in [5.74, 6) is 0. The molecule has 58 valence electrons. The van der Waals surface area contributed by atoms with Gasteiger partial charge in [-0.05, 0) is 5.56 Å². The summed E-state index contributed by atoms with van der Waals surface area (Å²) in [5.41, 5.74) is 0.0601. The predicted molar refractivity (Wildman–Crippen MR) is 36.4 cm³/mol. The van der Waals surface area contributed by atoms with Gasteiger partial charge in [0.15, 0.2) is 6.43 Å². The van der Waals surface area contributed by atoms with Crippen molar-refractivity contribution in [2.75, 3.05) is 0 Å². The van der Waals surface area contributed by atoms with Gasteiger partial charge in [0.25, 0.3) is 0 Å². The van der Waals surface area contributed by atoms with Gasteiger partial charge in [-0.25, -0.2) is 0 Å². The zero-order valence-electron chi connectivity index (χ0n) is 5.55. The first-order valence-electron chi connectivity index (χ1n) is 2.97. The molecule has 0 atom stereocenters. The minimum Gasteiger partial charge on any atom is -0.299 e. The lowest BCUT2D eigenvalue weighted by Gasteiger charge is -2.07. The highest BCUT2D eigenvalue weighted by molar-refractivity contribution is 5.75. The van der Waals surface area contributed by atoms with E-state index in [4.69, 9.17) is 0 Å². The van der Waals surface area contributed by atoms with E-state index >= 15 is 0 Å². The zero-order valence-corrected chi connectivity index (χ0v) is 5.55. The van der Waals surface area contributed by atoms with Gasteiger partial charge < -0.3 is 0 Å². The molecule has 0 heterocycles. The van der Waals surface area contributed by atoms with Gasteiger partial charge in [0.05, 0.1) is 0 Å². The monoisotopic (exact) mass is 155 g/mol. The summed E-state index contributed by atoms with van der Waals surface area (Å²) in [4.78, 5) is 10.1. The molecule has 0 unspecified atom stereocenters. The van der Waals surface area contributed by atoms with Crippen LogP contribution in [0.2, 0.25) is 0 Å². The Balaban J connectivity index is 3.00. The Morgan fingerprint density at radius 3 is 2.64 bits per heavy atom. The number of benzene rings is 1. The molecule has 1 nitrogen and oxygen atoms in total. The van der Waals surface area contributed by atoms with Gasteiger partial charge in [0.1, 0.15) is 6.29 Å². The third kappa shape index (κ3) is 1.77. The molecule has 0 aliphatic carbocycles.